The van der Waals surface area contributed by atoms with Gasteiger partial charge in [-0.3, -0.25) is 0 Å². The number of hydrogen-bond acceptors (Lipinski definition) is 1. The fourth-order valence-electron chi connectivity index (χ4n) is 11.4. The summed E-state index contributed by atoms with van der Waals surface area (Å²) in [5.74, 6) is 0. The van der Waals surface area contributed by atoms with Gasteiger partial charge in [0.1, 0.15) is 0 Å². The summed E-state index contributed by atoms with van der Waals surface area (Å²) in [4.78, 5) is 3.70. The molecule has 6 heterocycles. The van der Waals surface area contributed by atoms with Crippen LogP contribution < -0.4 is 0 Å². The van der Waals surface area contributed by atoms with E-state index in [0.717, 1.165) is 33.4 Å². The van der Waals surface area contributed by atoms with Crippen molar-refractivity contribution >= 4 is 125 Å². The zero-order valence-corrected chi connectivity index (χ0v) is 32.8. The minimum absolute atomic E-state index is 0.628. The smallest absolute Gasteiger partial charge is 0.187 e. The molecular weight excluding hydrogens is 757 g/mol. The van der Waals surface area contributed by atoms with Gasteiger partial charge in [-0.05, 0) is 84.9 Å². The van der Waals surface area contributed by atoms with E-state index in [2.05, 4.69) is 174 Å². The maximum atomic E-state index is 9.69. The van der Waals surface area contributed by atoms with Crippen molar-refractivity contribution in [2.24, 2.45) is 0 Å². The van der Waals surface area contributed by atoms with Gasteiger partial charge in [-0.2, -0.15) is 5.26 Å². The number of benzene rings is 9. The third-order valence-electron chi connectivity index (χ3n) is 13.8. The van der Waals surface area contributed by atoms with Crippen molar-refractivity contribution in [2.75, 3.05) is 0 Å². The van der Waals surface area contributed by atoms with E-state index >= 15 is 0 Å². The Balaban J connectivity index is 1.20. The SMILES string of the molecule is [C-]#[N+]c1ccc(-n2c3ccccc3c3c4c5cc6c7c8c9ccccc9n(-c9ccc(C#N)cc9)c8cc8c9ccccc9n(c6cc5n5c6ccccc6c(cc32)c45)c87)cc1. The summed E-state index contributed by atoms with van der Waals surface area (Å²) in [6.07, 6.45) is 0. The molecule has 0 radical (unpaired) electrons. The Bertz CT molecular complexity index is 4270. The van der Waals surface area contributed by atoms with Crippen LogP contribution in [0.15, 0.2) is 170 Å². The number of aromatic nitrogens is 4. The van der Waals surface area contributed by atoms with Gasteiger partial charge in [-0.25, -0.2) is 4.85 Å². The van der Waals surface area contributed by atoms with Crippen LogP contribution in [0, 0.1) is 17.9 Å². The highest BCUT2D eigenvalue weighted by molar-refractivity contribution is 6.40. The lowest BCUT2D eigenvalue weighted by Gasteiger charge is -2.09. The first-order chi connectivity index (χ1) is 30.7. The van der Waals surface area contributed by atoms with E-state index in [1.165, 1.54) is 97.7 Å². The van der Waals surface area contributed by atoms with Gasteiger partial charge in [-0.1, -0.05) is 84.9 Å². The summed E-state index contributed by atoms with van der Waals surface area (Å²) in [6.45, 7) is 7.63. The van der Waals surface area contributed by atoms with Crippen molar-refractivity contribution in [3.63, 3.8) is 0 Å². The van der Waals surface area contributed by atoms with Gasteiger partial charge in [0, 0.05) is 76.0 Å². The zero-order valence-electron chi connectivity index (χ0n) is 32.8. The Morgan fingerprint density at radius 2 is 0.806 bits per heavy atom. The standard InChI is InChI=1S/C56H28N6/c1-58-32-20-24-34(25-21-32)60-46-17-9-5-13-38(46)52-50(60)28-40-36-11-3-7-15-44(36)62-48-29-47-41(26-42(48)54(52)56(40)62)53-51-37-12-4-8-16-45(37)59(33-22-18-31(30-57)19-23-33)49(51)27-39-35-10-2-6-14-43(35)61(47)55(39)53/h2-29H. The van der Waals surface area contributed by atoms with Crippen molar-refractivity contribution < 1.29 is 0 Å². The Kier molecular flexibility index (Phi) is 5.71. The maximum absolute atomic E-state index is 9.69. The fraction of sp³-hybridized carbons (Fsp3) is 0. The van der Waals surface area contributed by atoms with Crippen LogP contribution in [0.25, 0.3) is 136 Å². The molecule has 9 aromatic carbocycles. The highest BCUT2D eigenvalue weighted by Gasteiger charge is 2.28. The summed E-state index contributed by atoms with van der Waals surface area (Å²) in [7, 11) is 0. The number of rotatable bonds is 2. The largest absolute Gasteiger partial charge is 0.309 e. The van der Waals surface area contributed by atoms with E-state index in [-0.39, 0.29) is 0 Å². The Hall–Kier alpha value is -8.84. The summed E-state index contributed by atoms with van der Waals surface area (Å²) in [6, 6.07) is 63.2. The van der Waals surface area contributed by atoms with Crippen LogP contribution in [0.2, 0.25) is 0 Å². The number of nitriles is 1. The molecule has 15 aromatic rings. The van der Waals surface area contributed by atoms with Gasteiger partial charge in [-0.15, -0.1) is 0 Å². The summed E-state index contributed by atoms with van der Waals surface area (Å²) in [5.41, 5.74) is 15.1. The number of para-hydroxylation sites is 4. The second-order valence-corrected chi connectivity index (χ2v) is 16.7. The molecule has 6 nitrogen and oxygen atoms in total. The molecule has 0 N–H and O–H groups in total. The topological polar surface area (TPSA) is 46.8 Å². The van der Waals surface area contributed by atoms with E-state index in [0.29, 0.717) is 11.3 Å². The minimum atomic E-state index is 0.628. The van der Waals surface area contributed by atoms with Gasteiger partial charge in [0.15, 0.2) is 5.69 Å². The lowest BCUT2D eigenvalue weighted by atomic mass is 9.99. The molecule has 0 aliphatic heterocycles. The normalized spacial score (nSPS) is 12.5. The minimum Gasteiger partial charge on any atom is -0.309 e. The Morgan fingerprint density at radius 1 is 0.371 bits per heavy atom. The lowest BCUT2D eigenvalue weighted by Crippen LogP contribution is -1.93. The predicted octanol–water partition coefficient (Wildman–Crippen LogP) is 14.6. The average Bonchev–Trinajstić information content (AvgIpc) is 4.16. The average molecular weight is 785 g/mol. The number of hydrogen-bond donors (Lipinski definition) is 0. The molecule has 0 spiro atoms. The fourth-order valence-corrected chi connectivity index (χ4v) is 11.4. The van der Waals surface area contributed by atoms with Crippen LogP contribution in [0.3, 0.4) is 0 Å². The molecule has 0 saturated heterocycles. The first-order valence-electron chi connectivity index (χ1n) is 20.9. The molecule has 0 bridgehead atoms. The molecule has 0 saturated carbocycles. The van der Waals surface area contributed by atoms with E-state index < -0.39 is 0 Å². The third-order valence-corrected chi connectivity index (χ3v) is 13.8. The molecule has 0 aliphatic carbocycles. The Morgan fingerprint density at radius 3 is 1.27 bits per heavy atom. The van der Waals surface area contributed by atoms with Gasteiger partial charge >= 0.3 is 0 Å². The molecular formula is C56H28N6. The van der Waals surface area contributed by atoms with E-state index in [1.54, 1.807) is 0 Å². The van der Waals surface area contributed by atoms with Crippen LogP contribution in [-0.2, 0) is 0 Å². The monoisotopic (exact) mass is 784 g/mol. The van der Waals surface area contributed by atoms with Gasteiger partial charge in [0.25, 0.3) is 0 Å². The van der Waals surface area contributed by atoms with E-state index in [4.69, 9.17) is 6.57 Å². The molecule has 6 aromatic heterocycles. The quantitative estimate of drug-likeness (QED) is 0.161. The second-order valence-electron chi connectivity index (χ2n) is 16.7. The molecule has 282 valence electrons. The maximum Gasteiger partial charge on any atom is 0.187 e. The summed E-state index contributed by atoms with van der Waals surface area (Å²) in [5, 5.41) is 24.4. The molecule has 6 heteroatoms. The number of nitrogens with zero attached hydrogens (tertiary/aromatic N) is 6. The third kappa shape index (κ3) is 3.67. The first-order valence-corrected chi connectivity index (χ1v) is 20.9. The van der Waals surface area contributed by atoms with Crippen molar-refractivity contribution in [3.05, 3.63) is 187 Å². The summed E-state index contributed by atoms with van der Waals surface area (Å²) < 4.78 is 9.79. The summed E-state index contributed by atoms with van der Waals surface area (Å²) >= 11 is 0. The lowest BCUT2D eigenvalue weighted by molar-refractivity contribution is 1.18. The van der Waals surface area contributed by atoms with Crippen LogP contribution in [0.5, 0.6) is 0 Å². The van der Waals surface area contributed by atoms with Crippen molar-refractivity contribution in [1.29, 1.82) is 5.26 Å². The molecule has 0 fully saturated rings. The first kappa shape index (κ1) is 32.1. The van der Waals surface area contributed by atoms with E-state index in [9.17, 15) is 5.26 Å². The van der Waals surface area contributed by atoms with Crippen molar-refractivity contribution in [3.8, 4) is 17.4 Å². The molecule has 15 rings (SSSR count). The van der Waals surface area contributed by atoms with Crippen LogP contribution >= 0.6 is 0 Å². The van der Waals surface area contributed by atoms with Crippen LogP contribution in [-0.4, -0.2) is 17.9 Å². The molecule has 0 aliphatic rings. The van der Waals surface area contributed by atoms with Crippen LogP contribution in [0.1, 0.15) is 5.56 Å². The number of fused-ring (bicyclic) bond motifs is 20. The highest BCUT2D eigenvalue weighted by atomic mass is 15.0. The molecule has 0 unspecified atom stereocenters. The van der Waals surface area contributed by atoms with Gasteiger partial charge < -0.3 is 17.9 Å². The Labute approximate surface area is 351 Å². The molecule has 0 atom stereocenters. The van der Waals surface area contributed by atoms with Gasteiger partial charge in [0.05, 0.1) is 73.4 Å². The van der Waals surface area contributed by atoms with Gasteiger partial charge in [0.2, 0.25) is 0 Å². The predicted molar refractivity (Wildman–Crippen MR) is 255 cm³/mol. The van der Waals surface area contributed by atoms with Crippen molar-refractivity contribution in [2.45, 2.75) is 0 Å². The second kappa shape index (κ2) is 11.0. The van der Waals surface area contributed by atoms with Crippen LogP contribution in [0.4, 0.5) is 5.69 Å². The zero-order chi connectivity index (χ0) is 40.5. The molecule has 0 amide bonds. The van der Waals surface area contributed by atoms with Crippen molar-refractivity contribution in [1.82, 2.24) is 17.9 Å². The molecule has 62 heavy (non-hydrogen) atoms. The van der Waals surface area contributed by atoms with E-state index in [1.807, 2.05) is 24.3 Å². The highest BCUT2D eigenvalue weighted by Crippen LogP contribution is 2.51.